The molecule has 0 amide bonds. The van der Waals surface area contributed by atoms with Crippen molar-refractivity contribution in [2.24, 2.45) is 4.99 Å². The Morgan fingerprint density at radius 1 is 1.21 bits per heavy atom. The molecule has 0 aromatic rings. The average molecular weight is 197 g/mol. The normalized spacial score (nSPS) is 11.0. The molecule has 0 radical (unpaired) electrons. The summed E-state index contributed by atoms with van der Waals surface area (Å²) < 4.78 is 0. The molecule has 1 unspecified atom stereocenters. The quantitative estimate of drug-likeness (QED) is 0.450. The number of nitrogens with zero attached hydrogens (tertiary/aromatic N) is 1. The van der Waals surface area contributed by atoms with E-state index < -0.39 is 0 Å². The van der Waals surface area contributed by atoms with Crippen LogP contribution in [0, 0.1) is 0 Å². The number of hydrogen-bond acceptors (Lipinski definition) is 1. The van der Waals surface area contributed by atoms with Crippen LogP contribution in [0.3, 0.4) is 0 Å². The molecule has 0 saturated heterocycles. The summed E-state index contributed by atoms with van der Waals surface area (Å²) in [5.41, 5.74) is 2.94. The van der Waals surface area contributed by atoms with Gasteiger partial charge in [-0.3, -0.25) is 4.99 Å². The monoisotopic (exact) mass is 197 g/mol. The summed E-state index contributed by atoms with van der Waals surface area (Å²) in [6.45, 7) is 16.3. The van der Waals surface area contributed by atoms with E-state index in [1.165, 1.54) is 17.6 Å². The maximum absolute atomic E-state index is 4.07. The Morgan fingerprint density at radius 2 is 1.71 bits per heavy atom. The predicted molar refractivity (Wildman–Crippen MR) is 68.3 cm³/mol. The maximum Gasteiger partial charge on any atom is 0.0492 e. The van der Waals surface area contributed by atoms with Gasteiger partial charge >= 0.3 is 0 Å². The second-order valence-corrected chi connectivity index (χ2v) is 3.56. The van der Waals surface area contributed by atoms with Crippen molar-refractivity contribution in [3.8, 4) is 0 Å². The van der Waals surface area contributed by atoms with E-state index in [4.69, 9.17) is 0 Å². The highest BCUT2D eigenvalue weighted by molar-refractivity contribution is 5.24. The zero-order valence-electron chi connectivity index (χ0n) is 10.9. The smallest absolute Gasteiger partial charge is 0.0492 e. The van der Waals surface area contributed by atoms with Gasteiger partial charge in [0.1, 0.15) is 0 Å². The first-order valence-corrected chi connectivity index (χ1v) is 5.70. The highest BCUT2D eigenvalue weighted by Gasteiger charge is 2.02. The van der Waals surface area contributed by atoms with Crippen LogP contribution in [0.1, 0.15) is 60.8 Å². The maximum atomic E-state index is 4.07. The summed E-state index contributed by atoms with van der Waals surface area (Å²) in [5.74, 6) is 0. The van der Waals surface area contributed by atoms with Gasteiger partial charge in [0, 0.05) is 6.04 Å². The first kappa shape index (κ1) is 15.9. The zero-order valence-corrected chi connectivity index (χ0v) is 10.9. The molecule has 1 heteroatoms. The molecule has 0 saturated carbocycles. The fourth-order valence-corrected chi connectivity index (χ4v) is 1.06. The molecular formula is C13H27N. The van der Waals surface area contributed by atoms with E-state index >= 15 is 0 Å². The van der Waals surface area contributed by atoms with Crippen molar-refractivity contribution < 1.29 is 0 Å². The van der Waals surface area contributed by atoms with Crippen LogP contribution in [0.4, 0.5) is 0 Å². The number of rotatable bonds is 5. The van der Waals surface area contributed by atoms with Crippen LogP contribution in [0.5, 0.6) is 0 Å². The van der Waals surface area contributed by atoms with Crippen molar-refractivity contribution in [1.82, 2.24) is 0 Å². The summed E-state index contributed by atoms with van der Waals surface area (Å²) in [5, 5.41) is 0. The molecule has 0 aliphatic carbocycles. The van der Waals surface area contributed by atoms with E-state index in [2.05, 4.69) is 39.4 Å². The number of hydrogen-bond donors (Lipinski definition) is 0. The Morgan fingerprint density at radius 3 is 2.00 bits per heavy atom. The van der Waals surface area contributed by atoms with Crippen LogP contribution >= 0.6 is 0 Å². The molecule has 0 heterocycles. The first-order chi connectivity index (χ1) is 6.61. The molecule has 14 heavy (non-hydrogen) atoms. The van der Waals surface area contributed by atoms with E-state index in [-0.39, 0.29) is 0 Å². The van der Waals surface area contributed by atoms with Crippen molar-refractivity contribution in [2.45, 2.75) is 66.8 Å². The second kappa shape index (κ2) is 10.5. The van der Waals surface area contributed by atoms with E-state index in [0.717, 1.165) is 12.8 Å². The van der Waals surface area contributed by atoms with Gasteiger partial charge in [-0.05, 0) is 46.8 Å². The largest absolute Gasteiger partial charge is 0.298 e. The van der Waals surface area contributed by atoms with Gasteiger partial charge in [-0.25, -0.2) is 0 Å². The third kappa shape index (κ3) is 8.03. The minimum absolute atomic E-state index is 0.458. The van der Waals surface area contributed by atoms with E-state index in [0.29, 0.717) is 6.04 Å². The summed E-state index contributed by atoms with van der Waals surface area (Å²) in [7, 11) is 0. The molecule has 0 bridgehead atoms. The van der Waals surface area contributed by atoms with Gasteiger partial charge in [-0.15, -0.1) is 0 Å². The van der Waals surface area contributed by atoms with Crippen molar-refractivity contribution >= 4 is 6.72 Å². The Bertz CT molecular complexity index is 164. The van der Waals surface area contributed by atoms with Crippen LogP contribution in [0.2, 0.25) is 0 Å². The van der Waals surface area contributed by atoms with E-state index in [1.54, 1.807) is 0 Å². The zero-order chi connectivity index (χ0) is 11.6. The lowest BCUT2D eigenvalue weighted by Crippen LogP contribution is -2.01. The molecule has 0 aliphatic heterocycles. The first-order valence-electron chi connectivity index (χ1n) is 5.70. The lowest BCUT2D eigenvalue weighted by molar-refractivity contribution is 0.598. The highest BCUT2D eigenvalue weighted by Crippen LogP contribution is 2.14. The fourth-order valence-electron chi connectivity index (χ4n) is 1.06. The number of allylic oxidation sites excluding steroid dienone is 2. The SMILES string of the molecule is C=NC(CC)CCC(C)=C(C)C.CC. The lowest BCUT2D eigenvalue weighted by atomic mass is 10.0. The van der Waals surface area contributed by atoms with Gasteiger partial charge in [-0.2, -0.15) is 0 Å². The predicted octanol–water partition coefficient (Wildman–Crippen LogP) is 4.63. The number of aliphatic imine (C=N–C) groups is 1. The summed E-state index contributed by atoms with van der Waals surface area (Å²) >= 11 is 0. The standard InChI is InChI=1S/C11H21N.C2H6/c1-6-11(12-5)8-7-10(4)9(2)3;1-2/h11H,5-8H2,1-4H3;1-2H3. The summed E-state index contributed by atoms with van der Waals surface area (Å²) in [6.07, 6.45) is 3.43. The van der Waals surface area contributed by atoms with Crippen LogP contribution in [-0.4, -0.2) is 12.8 Å². The van der Waals surface area contributed by atoms with Crippen molar-refractivity contribution in [2.75, 3.05) is 0 Å². The molecular weight excluding hydrogens is 170 g/mol. The van der Waals surface area contributed by atoms with Crippen LogP contribution in [-0.2, 0) is 0 Å². The van der Waals surface area contributed by atoms with Gasteiger partial charge in [0.15, 0.2) is 0 Å². The topological polar surface area (TPSA) is 12.4 Å². The van der Waals surface area contributed by atoms with Gasteiger partial charge in [0.2, 0.25) is 0 Å². The summed E-state index contributed by atoms with van der Waals surface area (Å²) in [4.78, 5) is 4.07. The minimum atomic E-state index is 0.458. The molecule has 1 atom stereocenters. The molecule has 0 rings (SSSR count). The minimum Gasteiger partial charge on any atom is -0.298 e. The average Bonchev–Trinajstić information content (AvgIpc) is 2.22. The molecule has 0 aromatic carbocycles. The van der Waals surface area contributed by atoms with Crippen LogP contribution in [0.15, 0.2) is 16.1 Å². The van der Waals surface area contributed by atoms with Gasteiger partial charge in [-0.1, -0.05) is 31.9 Å². The second-order valence-electron chi connectivity index (χ2n) is 3.56. The van der Waals surface area contributed by atoms with Crippen LogP contribution in [0.25, 0.3) is 0 Å². The van der Waals surface area contributed by atoms with E-state index in [1.807, 2.05) is 13.8 Å². The Balaban J connectivity index is 0. The lowest BCUT2D eigenvalue weighted by Gasteiger charge is -2.09. The third-order valence-corrected chi connectivity index (χ3v) is 2.44. The molecule has 0 aromatic heterocycles. The van der Waals surface area contributed by atoms with Crippen LogP contribution < -0.4 is 0 Å². The van der Waals surface area contributed by atoms with Crippen molar-refractivity contribution in [3.63, 3.8) is 0 Å². The highest BCUT2D eigenvalue weighted by atomic mass is 14.7. The van der Waals surface area contributed by atoms with Gasteiger partial charge in [0.05, 0.1) is 0 Å². The molecule has 84 valence electrons. The summed E-state index contributed by atoms with van der Waals surface area (Å²) in [6, 6.07) is 0.458. The third-order valence-electron chi connectivity index (χ3n) is 2.44. The van der Waals surface area contributed by atoms with Crippen molar-refractivity contribution in [3.05, 3.63) is 11.1 Å². The Kier molecular flexibility index (Phi) is 11.9. The van der Waals surface area contributed by atoms with Crippen molar-refractivity contribution in [1.29, 1.82) is 0 Å². The van der Waals surface area contributed by atoms with Gasteiger partial charge in [0.25, 0.3) is 0 Å². The Hall–Kier alpha value is -0.590. The fraction of sp³-hybridized carbons (Fsp3) is 0.769. The molecule has 0 N–H and O–H groups in total. The van der Waals surface area contributed by atoms with Gasteiger partial charge < -0.3 is 0 Å². The molecule has 0 aliphatic rings. The molecule has 0 fully saturated rings. The Labute approximate surface area is 90.3 Å². The molecule has 0 spiro atoms. The van der Waals surface area contributed by atoms with E-state index in [9.17, 15) is 0 Å². The molecule has 1 nitrogen and oxygen atoms in total.